The predicted molar refractivity (Wildman–Crippen MR) is 83.3 cm³/mol. The van der Waals surface area contributed by atoms with Crippen molar-refractivity contribution in [2.45, 2.75) is 12.8 Å². The first kappa shape index (κ1) is 18.2. The molecule has 1 aliphatic heterocycles. The molecule has 8 heteroatoms. The molecular weight excluding hydrogens is 377 g/mol. The molecule has 0 radical (unpaired) electrons. The maximum Gasteiger partial charge on any atom is 0.401 e. The van der Waals surface area contributed by atoms with E-state index in [0.29, 0.717) is 25.3 Å². The van der Waals surface area contributed by atoms with E-state index in [-0.39, 0.29) is 19.0 Å². The lowest BCUT2D eigenvalue weighted by Gasteiger charge is -2.35. The summed E-state index contributed by atoms with van der Waals surface area (Å²) in [5.74, 6) is -0.165. The van der Waals surface area contributed by atoms with E-state index in [2.05, 4.69) is 15.9 Å². The Labute approximate surface area is 141 Å². The molecule has 0 saturated carbocycles. The Morgan fingerprint density at radius 1 is 1.26 bits per heavy atom. The van der Waals surface area contributed by atoms with Crippen LogP contribution in [0.2, 0.25) is 0 Å². The number of nitrogens with zero attached hydrogens (tertiary/aromatic N) is 2. The fourth-order valence-corrected chi connectivity index (χ4v) is 2.88. The molecule has 1 fully saturated rings. The third-order valence-electron chi connectivity index (χ3n) is 3.65. The maximum absolute atomic E-state index is 12.5. The summed E-state index contributed by atoms with van der Waals surface area (Å²) < 4.78 is 43.1. The number of benzene rings is 1. The van der Waals surface area contributed by atoms with E-state index in [4.69, 9.17) is 4.74 Å². The molecule has 0 N–H and O–H groups in total. The van der Waals surface area contributed by atoms with Crippen LogP contribution in [-0.4, -0.2) is 61.7 Å². The van der Waals surface area contributed by atoms with Gasteiger partial charge in [0.1, 0.15) is 0 Å². The van der Waals surface area contributed by atoms with Crippen LogP contribution in [0.25, 0.3) is 0 Å². The summed E-state index contributed by atoms with van der Waals surface area (Å²) in [6.07, 6.45) is -4.20. The second kappa shape index (κ2) is 7.63. The molecule has 128 valence electrons. The van der Waals surface area contributed by atoms with E-state index in [1.165, 1.54) is 4.90 Å². The lowest BCUT2D eigenvalue weighted by Crippen LogP contribution is -2.50. The molecule has 0 aliphatic carbocycles. The molecule has 0 atom stereocenters. The van der Waals surface area contributed by atoms with Crippen molar-refractivity contribution in [2.24, 2.45) is 0 Å². The molecule has 1 aromatic rings. The van der Waals surface area contributed by atoms with E-state index in [9.17, 15) is 18.0 Å². The van der Waals surface area contributed by atoms with Gasteiger partial charge in [0, 0.05) is 43.3 Å². The molecule has 1 aromatic carbocycles. The third kappa shape index (κ3) is 5.19. The molecule has 0 aromatic heterocycles. The first-order valence-electron chi connectivity index (χ1n) is 7.16. The van der Waals surface area contributed by atoms with Gasteiger partial charge in [-0.25, -0.2) is 0 Å². The number of amides is 1. The normalized spacial score (nSPS) is 16.7. The van der Waals surface area contributed by atoms with Gasteiger partial charge < -0.3 is 9.64 Å². The number of methoxy groups -OCH3 is 1. The fourth-order valence-electron chi connectivity index (χ4n) is 2.52. The molecule has 2 rings (SSSR count). The molecule has 1 saturated heterocycles. The topological polar surface area (TPSA) is 32.8 Å². The zero-order valence-corrected chi connectivity index (χ0v) is 14.3. The Balaban J connectivity index is 1.98. The lowest BCUT2D eigenvalue weighted by molar-refractivity contribution is -0.148. The average Bonchev–Trinajstić information content (AvgIpc) is 2.48. The van der Waals surface area contributed by atoms with E-state index < -0.39 is 12.7 Å². The number of alkyl halides is 3. The lowest BCUT2D eigenvalue weighted by atomic mass is 10.1. The van der Waals surface area contributed by atoms with Gasteiger partial charge >= 0.3 is 6.18 Å². The van der Waals surface area contributed by atoms with Crippen molar-refractivity contribution in [3.05, 3.63) is 33.8 Å². The van der Waals surface area contributed by atoms with Crippen LogP contribution >= 0.6 is 15.9 Å². The number of hydrogen-bond acceptors (Lipinski definition) is 3. The van der Waals surface area contributed by atoms with Gasteiger partial charge in [-0.3, -0.25) is 9.69 Å². The highest BCUT2D eigenvalue weighted by atomic mass is 79.9. The molecule has 0 unspecified atom stereocenters. The van der Waals surface area contributed by atoms with E-state index in [0.717, 1.165) is 10.0 Å². The number of rotatable bonds is 4. The van der Waals surface area contributed by atoms with E-state index in [1.54, 1.807) is 30.2 Å². The first-order chi connectivity index (χ1) is 10.8. The van der Waals surface area contributed by atoms with E-state index >= 15 is 0 Å². The van der Waals surface area contributed by atoms with Crippen molar-refractivity contribution in [2.75, 3.05) is 39.8 Å². The summed E-state index contributed by atoms with van der Waals surface area (Å²) in [6, 6.07) is 5.23. The predicted octanol–water partition coefficient (Wildman–Crippen LogP) is 2.92. The van der Waals surface area contributed by atoms with Crippen LogP contribution < -0.4 is 0 Å². The van der Waals surface area contributed by atoms with Gasteiger partial charge in [-0.1, -0.05) is 15.9 Å². The zero-order valence-electron chi connectivity index (χ0n) is 12.7. The van der Waals surface area contributed by atoms with Crippen molar-refractivity contribution in [1.29, 1.82) is 0 Å². The second-order valence-corrected chi connectivity index (χ2v) is 6.28. The summed E-state index contributed by atoms with van der Waals surface area (Å²) in [5.41, 5.74) is 1.37. The Hall–Kier alpha value is -1.12. The van der Waals surface area contributed by atoms with Gasteiger partial charge in [-0.15, -0.1) is 0 Å². The largest absolute Gasteiger partial charge is 0.401 e. The minimum atomic E-state index is -4.20. The van der Waals surface area contributed by atoms with Crippen LogP contribution in [0, 0.1) is 0 Å². The van der Waals surface area contributed by atoms with E-state index in [1.807, 2.05) is 0 Å². The molecular formula is C15H18BrF3N2O2. The summed E-state index contributed by atoms with van der Waals surface area (Å²) in [4.78, 5) is 15.4. The molecule has 1 amide bonds. The highest BCUT2D eigenvalue weighted by molar-refractivity contribution is 9.10. The molecule has 23 heavy (non-hydrogen) atoms. The van der Waals surface area contributed by atoms with Gasteiger partial charge in [-0.05, 0) is 23.8 Å². The van der Waals surface area contributed by atoms with Crippen molar-refractivity contribution in [3.63, 3.8) is 0 Å². The number of ether oxygens (including phenoxy) is 1. The number of piperazine rings is 1. The van der Waals surface area contributed by atoms with Crippen molar-refractivity contribution in [1.82, 2.24) is 9.80 Å². The smallest absolute Gasteiger partial charge is 0.380 e. The van der Waals surface area contributed by atoms with Gasteiger partial charge in [0.05, 0.1) is 13.2 Å². The second-order valence-electron chi connectivity index (χ2n) is 5.42. The molecule has 0 spiro atoms. The van der Waals surface area contributed by atoms with Crippen molar-refractivity contribution in [3.8, 4) is 0 Å². The first-order valence-corrected chi connectivity index (χ1v) is 7.95. The molecule has 0 bridgehead atoms. The summed E-state index contributed by atoms with van der Waals surface area (Å²) in [5, 5.41) is 0. The third-order valence-corrected chi connectivity index (χ3v) is 4.43. The van der Waals surface area contributed by atoms with Gasteiger partial charge in [0.25, 0.3) is 5.91 Å². The Kier molecular flexibility index (Phi) is 6.05. The maximum atomic E-state index is 12.5. The molecule has 1 aliphatic rings. The van der Waals surface area contributed by atoms with Crippen LogP contribution in [0.1, 0.15) is 15.9 Å². The standard InChI is InChI=1S/C15H18BrF3N2O2/c1-23-9-12-8-11(2-3-13(12)16)14(22)21-6-4-20(5-7-21)10-15(17,18)19/h2-3,8H,4-7,9-10H2,1H3. The van der Waals surface area contributed by atoms with Crippen LogP contribution in [0.4, 0.5) is 13.2 Å². The number of halogens is 4. The number of carbonyl (C=O) groups is 1. The van der Waals surface area contributed by atoms with Crippen LogP contribution in [-0.2, 0) is 11.3 Å². The van der Waals surface area contributed by atoms with Gasteiger partial charge in [0.15, 0.2) is 0 Å². The van der Waals surface area contributed by atoms with Crippen molar-refractivity contribution >= 4 is 21.8 Å². The molecule has 1 heterocycles. The quantitative estimate of drug-likeness (QED) is 0.786. The monoisotopic (exact) mass is 394 g/mol. The highest BCUT2D eigenvalue weighted by Gasteiger charge is 2.33. The number of carbonyl (C=O) groups excluding carboxylic acids is 1. The summed E-state index contributed by atoms with van der Waals surface area (Å²) in [6.45, 7) is 0.501. The summed E-state index contributed by atoms with van der Waals surface area (Å²) in [7, 11) is 1.57. The summed E-state index contributed by atoms with van der Waals surface area (Å²) >= 11 is 3.39. The van der Waals surface area contributed by atoms with Crippen LogP contribution in [0.3, 0.4) is 0 Å². The van der Waals surface area contributed by atoms with Crippen LogP contribution in [0.15, 0.2) is 22.7 Å². The number of hydrogen-bond donors (Lipinski definition) is 0. The zero-order chi connectivity index (χ0) is 17.0. The minimum Gasteiger partial charge on any atom is -0.380 e. The Bertz CT molecular complexity index is 558. The minimum absolute atomic E-state index is 0.165. The van der Waals surface area contributed by atoms with Crippen LogP contribution in [0.5, 0.6) is 0 Å². The van der Waals surface area contributed by atoms with Crippen molar-refractivity contribution < 1.29 is 22.7 Å². The highest BCUT2D eigenvalue weighted by Crippen LogP contribution is 2.21. The van der Waals surface area contributed by atoms with Gasteiger partial charge in [-0.2, -0.15) is 13.2 Å². The fraction of sp³-hybridized carbons (Fsp3) is 0.533. The van der Waals surface area contributed by atoms with Gasteiger partial charge in [0.2, 0.25) is 0 Å². The Morgan fingerprint density at radius 3 is 2.48 bits per heavy atom. The molecule has 4 nitrogen and oxygen atoms in total. The Morgan fingerprint density at radius 2 is 1.91 bits per heavy atom. The SMILES string of the molecule is COCc1cc(C(=O)N2CCN(CC(F)(F)F)CC2)ccc1Br. The average molecular weight is 395 g/mol.